The van der Waals surface area contributed by atoms with Crippen LogP contribution in [-0.4, -0.2) is 23.1 Å². The van der Waals surface area contributed by atoms with Gasteiger partial charge in [-0.15, -0.1) is 0 Å². The van der Waals surface area contributed by atoms with E-state index in [-0.39, 0.29) is 24.4 Å². The van der Waals surface area contributed by atoms with E-state index in [0.717, 1.165) is 19.3 Å². The Hall–Kier alpha value is -1.06. The number of unbranched alkanes of at least 4 members (excludes halogenated alkanes) is 1. The number of hydrogen-bond donors (Lipinski definition) is 1. The maximum Gasteiger partial charge on any atom is 0.309 e. The molecule has 2 atom stereocenters. The van der Waals surface area contributed by atoms with Crippen molar-refractivity contribution in [3.05, 3.63) is 0 Å². The van der Waals surface area contributed by atoms with Gasteiger partial charge in [-0.1, -0.05) is 47.5 Å². The molecule has 0 aromatic heterocycles. The fourth-order valence-electron chi connectivity index (χ4n) is 2.13. The van der Waals surface area contributed by atoms with Crippen molar-refractivity contribution in [3.8, 4) is 0 Å². The van der Waals surface area contributed by atoms with E-state index in [2.05, 4.69) is 13.8 Å². The van der Waals surface area contributed by atoms with Gasteiger partial charge in [-0.2, -0.15) is 0 Å². The second-order valence-electron chi connectivity index (χ2n) is 6.29. The largest absolute Gasteiger partial charge is 0.481 e. The fraction of sp³-hybridized carbons (Fsp3) is 0.875. The Morgan fingerprint density at radius 1 is 1.15 bits per heavy atom. The molecule has 0 amide bonds. The Morgan fingerprint density at radius 3 is 2.15 bits per heavy atom. The Balaban J connectivity index is 4.64. The van der Waals surface area contributed by atoms with Gasteiger partial charge in [-0.05, 0) is 24.7 Å². The number of esters is 1. The molecule has 118 valence electrons. The number of hydrogen-bond acceptors (Lipinski definition) is 3. The summed E-state index contributed by atoms with van der Waals surface area (Å²) in [5, 5.41) is 8.91. The van der Waals surface area contributed by atoms with Crippen molar-refractivity contribution in [1.29, 1.82) is 0 Å². The van der Waals surface area contributed by atoms with Crippen LogP contribution in [0.2, 0.25) is 0 Å². The highest BCUT2D eigenvalue weighted by Crippen LogP contribution is 2.21. The number of aliphatic carboxylic acids is 1. The molecule has 0 aliphatic rings. The maximum absolute atomic E-state index is 12.2. The van der Waals surface area contributed by atoms with Gasteiger partial charge in [-0.3, -0.25) is 9.59 Å². The molecule has 0 bridgehead atoms. The Kier molecular flexibility index (Phi) is 9.26. The third-order valence-electron chi connectivity index (χ3n) is 3.38. The minimum Gasteiger partial charge on any atom is -0.481 e. The molecule has 0 saturated heterocycles. The van der Waals surface area contributed by atoms with Gasteiger partial charge in [0, 0.05) is 0 Å². The van der Waals surface area contributed by atoms with Crippen molar-refractivity contribution in [3.63, 3.8) is 0 Å². The highest BCUT2D eigenvalue weighted by Gasteiger charge is 2.27. The van der Waals surface area contributed by atoms with Gasteiger partial charge < -0.3 is 9.84 Å². The van der Waals surface area contributed by atoms with Crippen LogP contribution in [0.4, 0.5) is 0 Å². The van der Waals surface area contributed by atoms with Gasteiger partial charge in [0.15, 0.2) is 0 Å². The van der Waals surface area contributed by atoms with Gasteiger partial charge in [0.05, 0.1) is 12.3 Å². The first-order valence-corrected chi connectivity index (χ1v) is 7.70. The summed E-state index contributed by atoms with van der Waals surface area (Å²) in [6.45, 7) is 10.3. The van der Waals surface area contributed by atoms with Gasteiger partial charge in [0.1, 0.15) is 6.10 Å². The molecule has 0 aliphatic carbocycles. The molecule has 0 fully saturated rings. The summed E-state index contributed by atoms with van der Waals surface area (Å²) in [4.78, 5) is 23.1. The van der Waals surface area contributed by atoms with E-state index in [1.807, 2.05) is 20.8 Å². The van der Waals surface area contributed by atoms with Gasteiger partial charge in [0.25, 0.3) is 0 Å². The van der Waals surface area contributed by atoms with Crippen LogP contribution >= 0.6 is 0 Å². The maximum atomic E-state index is 12.2. The molecule has 1 N–H and O–H groups in total. The molecule has 0 aromatic rings. The average Bonchev–Trinajstić information content (AvgIpc) is 2.32. The lowest BCUT2D eigenvalue weighted by molar-refractivity contribution is -0.160. The summed E-state index contributed by atoms with van der Waals surface area (Å²) < 4.78 is 5.58. The smallest absolute Gasteiger partial charge is 0.309 e. The first-order valence-electron chi connectivity index (χ1n) is 7.70. The van der Waals surface area contributed by atoms with E-state index in [1.54, 1.807) is 0 Å². The number of ether oxygens (including phenoxy) is 1. The third-order valence-corrected chi connectivity index (χ3v) is 3.38. The van der Waals surface area contributed by atoms with Crippen LogP contribution in [0, 0.1) is 17.8 Å². The Labute approximate surface area is 122 Å². The monoisotopic (exact) mass is 286 g/mol. The number of rotatable bonds is 10. The summed E-state index contributed by atoms with van der Waals surface area (Å²) in [6, 6.07) is 0. The van der Waals surface area contributed by atoms with Gasteiger partial charge in [-0.25, -0.2) is 0 Å². The molecule has 2 unspecified atom stereocenters. The van der Waals surface area contributed by atoms with Crippen LogP contribution in [0.15, 0.2) is 0 Å². The zero-order valence-corrected chi connectivity index (χ0v) is 13.5. The van der Waals surface area contributed by atoms with Crippen molar-refractivity contribution in [2.75, 3.05) is 0 Å². The molecule has 0 saturated carbocycles. The average molecular weight is 286 g/mol. The van der Waals surface area contributed by atoms with E-state index in [0.29, 0.717) is 12.3 Å². The van der Waals surface area contributed by atoms with E-state index in [9.17, 15) is 9.59 Å². The topological polar surface area (TPSA) is 63.6 Å². The van der Waals surface area contributed by atoms with Crippen LogP contribution in [-0.2, 0) is 14.3 Å². The first-order chi connectivity index (χ1) is 9.27. The molecule has 4 nitrogen and oxygen atoms in total. The predicted molar refractivity (Wildman–Crippen MR) is 79.4 cm³/mol. The fourth-order valence-corrected chi connectivity index (χ4v) is 2.13. The standard InChI is InChI=1S/C16H30O4/c1-6-7-8-13(10-15(17)18)16(19)20-14(12(4)5)9-11(2)3/h11-14H,6-10H2,1-5H3,(H,17,18). The summed E-state index contributed by atoms with van der Waals surface area (Å²) >= 11 is 0. The van der Waals surface area contributed by atoms with Gasteiger partial charge >= 0.3 is 11.9 Å². The molecule has 0 radical (unpaired) electrons. The zero-order valence-electron chi connectivity index (χ0n) is 13.5. The second kappa shape index (κ2) is 9.78. The number of carboxylic acids is 1. The van der Waals surface area contributed by atoms with E-state index >= 15 is 0 Å². The SMILES string of the molecule is CCCCC(CC(=O)O)C(=O)OC(CC(C)C)C(C)C. The van der Waals surface area contributed by atoms with Crippen LogP contribution in [0.3, 0.4) is 0 Å². The highest BCUT2D eigenvalue weighted by atomic mass is 16.5. The lowest BCUT2D eigenvalue weighted by atomic mass is 9.95. The molecule has 4 heteroatoms. The minimum atomic E-state index is -0.937. The highest BCUT2D eigenvalue weighted by molar-refractivity contribution is 5.79. The summed E-state index contributed by atoms with van der Waals surface area (Å²) in [6.07, 6.45) is 2.95. The molecule has 0 aromatic carbocycles. The lowest BCUT2D eigenvalue weighted by Crippen LogP contribution is -2.30. The van der Waals surface area contributed by atoms with E-state index in [4.69, 9.17) is 9.84 Å². The third kappa shape index (κ3) is 8.18. The quantitative estimate of drug-likeness (QED) is 0.619. The first kappa shape index (κ1) is 18.9. The van der Waals surface area contributed by atoms with Crippen molar-refractivity contribution in [1.82, 2.24) is 0 Å². The number of carboxylic acid groups (broad SMARTS) is 1. The van der Waals surface area contributed by atoms with Crippen LogP contribution in [0.25, 0.3) is 0 Å². The summed E-state index contributed by atoms with van der Waals surface area (Å²) in [5.74, 6) is -1.10. The molecule has 0 aliphatic heterocycles. The Morgan fingerprint density at radius 2 is 1.75 bits per heavy atom. The number of carbonyl (C=O) groups is 2. The molecular formula is C16H30O4. The lowest BCUT2D eigenvalue weighted by Gasteiger charge is -2.25. The van der Waals surface area contributed by atoms with Gasteiger partial charge in [0.2, 0.25) is 0 Å². The molecule has 0 spiro atoms. The molecular weight excluding hydrogens is 256 g/mol. The van der Waals surface area contributed by atoms with Crippen LogP contribution < -0.4 is 0 Å². The van der Waals surface area contributed by atoms with E-state index < -0.39 is 11.9 Å². The normalized spacial score (nSPS) is 14.3. The predicted octanol–water partition coefficient (Wildman–Crippen LogP) is 3.88. The van der Waals surface area contributed by atoms with E-state index in [1.165, 1.54) is 0 Å². The summed E-state index contributed by atoms with van der Waals surface area (Å²) in [5.41, 5.74) is 0. The molecule has 20 heavy (non-hydrogen) atoms. The van der Waals surface area contributed by atoms with Crippen molar-refractivity contribution < 1.29 is 19.4 Å². The Bertz CT molecular complexity index is 297. The van der Waals surface area contributed by atoms with Crippen LogP contribution in [0.1, 0.15) is 66.7 Å². The minimum absolute atomic E-state index is 0.125. The zero-order chi connectivity index (χ0) is 15.7. The summed E-state index contributed by atoms with van der Waals surface area (Å²) in [7, 11) is 0. The number of carbonyl (C=O) groups excluding carboxylic acids is 1. The second-order valence-corrected chi connectivity index (χ2v) is 6.29. The van der Waals surface area contributed by atoms with Crippen molar-refractivity contribution in [2.24, 2.45) is 17.8 Å². The van der Waals surface area contributed by atoms with Crippen molar-refractivity contribution >= 4 is 11.9 Å². The molecule has 0 rings (SSSR count). The van der Waals surface area contributed by atoms with Crippen LogP contribution in [0.5, 0.6) is 0 Å². The molecule has 0 heterocycles. The van der Waals surface area contributed by atoms with Crippen molar-refractivity contribution in [2.45, 2.75) is 72.8 Å².